The average molecular weight is 254 g/mol. The Labute approximate surface area is 104 Å². The third-order valence-electron chi connectivity index (χ3n) is 3.24. The zero-order valence-electron chi connectivity index (χ0n) is 9.29. The van der Waals surface area contributed by atoms with Crippen molar-refractivity contribution in [2.75, 3.05) is 23.9 Å². The molecule has 0 spiro atoms. The Balaban J connectivity index is 1.91. The van der Waals surface area contributed by atoms with E-state index in [-0.39, 0.29) is 5.82 Å². The topological polar surface area (TPSA) is 31.9 Å². The highest BCUT2D eigenvalue weighted by Gasteiger charge is 2.23. The quantitative estimate of drug-likeness (QED) is 0.835. The molecule has 1 atom stereocenters. The predicted molar refractivity (Wildman–Crippen MR) is 67.1 cm³/mol. The van der Waals surface area contributed by atoms with Crippen molar-refractivity contribution in [3.63, 3.8) is 0 Å². The van der Waals surface area contributed by atoms with E-state index in [9.17, 15) is 4.39 Å². The van der Waals surface area contributed by atoms with Gasteiger partial charge in [-0.25, -0.2) is 9.37 Å². The SMILES string of the molecule is Fc1ccc2nc(N3CCC(CCl)C3)[nH]c2c1. The van der Waals surface area contributed by atoms with E-state index in [0.717, 1.165) is 36.5 Å². The number of benzene rings is 1. The first-order valence-electron chi connectivity index (χ1n) is 5.72. The molecule has 0 amide bonds. The number of nitrogens with one attached hydrogen (secondary N) is 1. The summed E-state index contributed by atoms with van der Waals surface area (Å²) in [6.45, 7) is 1.88. The smallest absolute Gasteiger partial charge is 0.203 e. The van der Waals surface area contributed by atoms with E-state index in [4.69, 9.17) is 11.6 Å². The van der Waals surface area contributed by atoms with E-state index in [2.05, 4.69) is 14.9 Å². The molecule has 1 aromatic carbocycles. The lowest BCUT2D eigenvalue weighted by Gasteiger charge is -2.13. The van der Waals surface area contributed by atoms with Gasteiger partial charge < -0.3 is 9.88 Å². The Hall–Kier alpha value is -1.29. The van der Waals surface area contributed by atoms with Crippen molar-refractivity contribution in [2.24, 2.45) is 5.92 Å². The minimum atomic E-state index is -0.243. The van der Waals surface area contributed by atoms with Gasteiger partial charge in [-0.05, 0) is 30.5 Å². The van der Waals surface area contributed by atoms with Gasteiger partial charge in [-0.3, -0.25) is 0 Å². The molecule has 1 saturated heterocycles. The number of hydrogen-bond acceptors (Lipinski definition) is 2. The van der Waals surface area contributed by atoms with Crippen molar-refractivity contribution in [1.82, 2.24) is 9.97 Å². The maximum absolute atomic E-state index is 13.1. The monoisotopic (exact) mass is 253 g/mol. The van der Waals surface area contributed by atoms with Crippen LogP contribution in [0.25, 0.3) is 11.0 Å². The molecule has 1 aromatic heterocycles. The molecule has 2 aromatic rings. The van der Waals surface area contributed by atoms with Crippen molar-refractivity contribution in [3.05, 3.63) is 24.0 Å². The molecule has 1 aliphatic rings. The van der Waals surface area contributed by atoms with E-state index in [0.29, 0.717) is 11.8 Å². The van der Waals surface area contributed by atoms with Crippen LogP contribution in [-0.4, -0.2) is 28.9 Å². The Bertz CT molecular complexity index is 540. The number of H-pyrrole nitrogens is 1. The van der Waals surface area contributed by atoms with Crippen molar-refractivity contribution < 1.29 is 4.39 Å². The number of hydrogen-bond donors (Lipinski definition) is 1. The number of aromatic amines is 1. The molecule has 3 rings (SSSR count). The number of nitrogens with zero attached hydrogens (tertiary/aromatic N) is 2. The molecule has 1 unspecified atom stereocenters. The third kappa shape index (κ3) is 1.97. The van der Waals surface area contributed by atoms with Crippen LogP contribution in [0.5, 0.6) is 0 Å². The van der Waals surface area contributed by atoms with Gasteiger partial charge in [-0.2, -0.15) is 0 Å². The summed E-state index contributed by atoms with van der Waals surface area (Å²) >= 11 is 5.85. The zero-order valence-corrected chi connectivity index (χ0v) is 10.0. The lowest BCUT2D eigenvalue weighted by molar-refractivity contribution is 0.629. The van der Waals surface area contributed by atoms with E-state index in [1.54, 1.807) is 6.07 Å². The lowest BCUT2D eigenvalue weighted by Crippen LogP contribution is -2.21. The minimum absolute atomic E-state index is 0.243. The summed E-state index contributed by atoms with van der Waals surface area (Å²) < 4.78 is 13.1. The molecular weight excluding hydrogens is 241 g/mol. The molecule has 1 aliphatic heterocycles. The summed E-state index contributed by atoms with van der Waals surface area (Å²) in [5.41, 5.74) is 1.55. The number of imidazole rings is 1. The first kappa shape index (κ1) is 10.8. The minimum Gasteiger partial charge on any atom is -0.342 e. The van der Waals surface area contributed by atoms with Gasteiger partial charge >= 0.3 is 0 Å². The second kappa shape index (κ2) is 4.18. The summed E-state index contributed by atoms with van der Waals surface area (Å²) in [6, 6.07) is 4.60. The fourth-order valence-electron chi connectivity index (χ4n) is 2.27. The number of fused-ring (bicyclic) bond motifs is 1. The van der Waals surface area contributed by atoms with Gasteiger partial charge in [0.15, 0.2) is 0 Å². The molecule has 3 nitrogen and oxygen atoms in total. The zero-order chi connectivity index (χ0) is 11.8. The molecule has 1 fully saturated rings. The summed E-state index contributed by atoms with van der Waals surface area (Å²) in [4.78, 5) is 9.79. The Kier molecular flexibility index (Phi) is 2.67. The number of anilines is 1. The predicted octanol–water partition coefficient (Wildman–Crippen LogP) is 2.77. The number of halogens is 2. The molecule has 0 saturated carbocycles. The first-order chi connectivity index (χ1) is 8.26. The number of alkyl halides is 1. The molecule has 90 valence electrons. The highest BCUT2D eigenvalue weighted by atomic mass is 35.5. The number of rotatable bonds is 2. The van der Waals surface area contributed by atoms with E-state index >= 15 is 0 Å². The molecule has 5 heteroatoms. The summed E-state index contributed by atoms with van der Waals surface area (Å²) in [5, 5.41) is 0. The van der Waals surface area contributed by atoms with E-state index in [1.807, 2.05) is 0 Å². The van der Waals surface area contributed by atoms with E-state index < -0.39 is 0 Å². The Morgan fingerprint density at radius 3 is 3.18 bits per heavy atom. The maximum Gasteiger partial charge on any atom is 0.203 e. The second-order valence-electron chi connectivity index (χ2n) is 4.48. The molecule has 0 radical (unpaired) electrons. The maximum atomic E-state index is 13.1. The number of aromatic nitrogens is 2. The van der Waals surface area contributed by atoms with Crippen LogP contribution < -0.4 is 4.90 Å². The van der Waals surface area contributed by atoms with Gasteiger partial charge in [0.05, 0.1) is 11.0 Å². The molecule has 17 heavy (non-hydrogen) atoms. The van der Waals surface area contributed by atoms with Gasteiger partial charge in [0.25, 0.3) is 0 Å². The van der Waals surface area contributed by atoms with Crippen LogP contribution in [0.2, 0.25) is 0 Å². The summed E-state index contributed by atoms with van der Waals surface area (Å²) in [7, 11) is 0. The lowest BCUT2D eigenvalue weighted by atomic mass is 10.2. The average Bonchev–Trinajstić information content (AvgIpc) is 2.93. The van der Waals surface area contributed by atoms with Crippen molar-refractivity contribution >= 4 is 28.6 Å². The van der Waals surface area contributed by atoms with Gasteiger partial charge in [-0.15, -0.1) is 11.6 Å². The first-order valence-corrected chi connectivity index (χ1v) is 6.26. The van der Waals surface area contributed by atoms with E-state index in [1.165, 1.54) is 12.1 Å². The third-order valence-corrected chi connectivity index (χ3v) is 3.67. The molecule has 0 aliphatic carbocycles. The summed E-state index contributed by atoms with van der Waals surface area (Å²) in [6.07, 6.45) is 1.09. The normalized spacial score (nSPS) is 20.4. The molecule has 0 bridgehead atoms. The fourth-order valence-corrected chi connectivity index (χ4v) is 2.52. The largest absolute Gasteiger partial charge is 0.342 e. The highest BCUT2D eigenvalue weighted by Crippen LogP contribution is 2.24. The Morgan fingerprint density at radius 2 is 2.41 bits per heavy atom. The highest BCUT2D eigenvalue weighted by molar-refractivity contribution is 6.18. The van der Waals surface area contributed by atoms with Crippen LogP contribution in [0.4, 0.5) is 10.3 Å². The molecule has 1 N–H and O–H groups in total. The van der Waals surface area contributed by atoms with Crippen molar-refractivity contribution in [2.45, 2.75) is 6.42 Å². The standard InChI is InChI=1S/C12H13ClFN3/c13-6-8-3-4-17(7-8)12-15-10-2-1-9(14)5-11(10)16-12/h1-2,5,8H,3-4,6-7H2,(H,15,16). The van der Waals surface area contributed by atoms with Crippen LogP contribution >= 0.6 is 11.6 Å². The van der Waals surface area contributed by atoms with Crippen LogP contribution in [0.1, 0.15) is 6.42 Å². The van der Waals surface area contributed by atoms with Crippen LogP contribution in [0.3, 0.4) is 0 Å². The molecular formula is C12H13ClFN3. The van der Waals surface area contributed by atoms with Crippen LogP contribution in [-0.2, 0) is 0 Å². The van der Waals surface area contributed by atoms with Gasteiger partial charge in [-0.1, -0.05) is 0 Å². The van der Waals surface area contributed by atoms with Gasteiger partial charge in [0.2, 0.25) is 5.95 Å². The van der Waals surface area contributed by atoms with Crippen molar-refractivity contribution in [3.8, 4) is 0 Å². The van der Waals surface area contributed by atoms with Gasteiger partial charge in [0.1, 0.15) is 5.82 Å². The second-order valence-corrected chi connectivity index (χ2v) is 4.79. The Morgan fingerprint density at radius 1 is 1.53 bits per heavy atom. The van der Waals surface area contributed by atoms with Crippen molar-refractivity contribution in [1.29, 1.82) is 0 Å². The van der Waals surface area contributed by atoms with Crippen LogP contribution in [0, 0.1) is 11.7 Å². The van der Waals surface area contributed by atoms with Crippen LogP contribution in [0.15, 0.2) is 18.2 Å². The molecule has 2 heterocycles. The van der Waals surface area contributed by atoms with Gasteiger partial charge in [0, 0.05) is 19.0 Å². The fraction of sp³-hybridized carbons (Fsp3) is 0.417. The summed E-state index contributed by atoms with van der Waals surface area (Å²) in [5.74, 6) is 1.79.